The van der Waals surface area contributed by atoms with Crippen molar-refractivity contribution in [3.63, 3.8) is 0 Å². The maximum Gasteiger partial charge on any atom is 0.306 e. The number of carbonyl (C=O) groups is 3. The smallest absolute Gasteiger partial charge is 0.306 e. The van der Waals surface area contributed by atoms with Crippen molar-refractivity contribution in [3.05, 3.63) is 108 Å². The third-order valence-corrected chi connectivity index (χ3v) is 17.7. The number of ether oxygens (including phenoxy) is 4. The minimum Gasteiger partial charge on any atom is -0.462 e. The predicted molar refractivity (Wildman–Crippen MR) is 265 cm³/mol. The van der Waals surface area contributed by atoms with Crippen LogP contribution in [0.5, 0.6) is 0 Å². The van der Waals surface area contributed by atoms with Gasteiger partial charge in [-0.1, -0.05) is 170 Å². The average Bonchev–Trinajstić information content (AvgIpc) is 3.29. The van der Waals surface area contributed by atoms with Crippen LogP contribution in [0.25, 0.3) is 0 Å². The number of nitrogens with one attached hydrogen (secondary N) is 1. The second kappa shape index (κ2) is 29.8. The molecule has 66 heavy (non-hydrogen) atoms. The summed E-state index contributed by atoms with van der Waals surface area (Å²) < 4.78 is 31.8. The summed E-state index contributed by atoms with van der Waals surface area (Å²) in [5.41, 5.74) is 3.31. The lowest BCUT2D eigenvalue weighted by molar-refractivity contribution is -0.276. The van der Waals surface area contributed by atoms with Crippen LogP contribution in [0.15, 0.2) is 91.0 Å². The van der Waals surface area contributed by atoms with Gasteiger partial charge in [0.05, 0.1) is 19.6 Å². The Kier molecular flexibility index (Phi) is 24.7. The topological polar surface area (TPSA) is 130 Å². The molecule has 1 fully saturated rings. The van der Waals surface area contributed by atoms with E-state index in [0.29, 0.717) is 19.3 Å². The highest BCUT2D eigenvalue weighted by molar-refractivity contribution is 6.74. The van der Waals surface area contributed by atoms with Gasteiger partial charge < -0.3 is 33.8 Å². The molecule has 3 aromatic rings. The molecule has 6 atom stereocenters. The second-order valence-electron chi connectivity index (χ2n) is 19.8. The monoisotopic (exact) mass is 930 g/mol. The van der Waals surface area contributed by atoms with E-state index in [1.54, 1.807) is 0 Å². The third kappa shape index (κ3) is 20.6. The zero-order valence-corrected chi connectivity index (χ0v) is 42.2. The maximum absolute atomic E-state index is 14.3. The van der Waals surface area contributed by atoms with Gasteiger partial charge >= 0.3 is 11.9 Å². The molecule has 366 valence electrons. The summed E-state index contributed by atoms with van der Waals surface area (Å²) in [4.78, 5) is 41.3. The van der Waals surface area contributed by atoms with E-state index < -0.39 is 56.9 Å². The highest BCUT2D eigenvalue weighted by Crippen LogP contribution is 2.37. The van der Waals surface area contributed by atoms with Crippen molar-refractivity contribution in [1.29, 1.82) is 0 Å². The molecule has 11 heteroatoms. The van der Waals surface area contributed by atoms with Crippen molar-refractivity contribution >= 4 is 26.2 Å². The first-order valence-corrected chi connectivity index (χ1v) is 28.1. The van der Waals surface area contributed by atoms with E-state index in [9.17, 15) is 19.5 Å². The van der Waals surface area contributed by atoms with Gasteiger partial charge in [-0.05, 0) is 86.2 Å². The number of aliphatic hydroxyl groups is 1. The van der Waals surface area contributed by atoms with Crippen molar-refractivity contribution < 1.29 is 42.9 Å². The van der Waals surface area contributed by atoms with Crippen LogP contribution in [-0.4, -0.2) is 74.6 Å². The highest BCUT2D eigenvalue weighted by atomic mass is 28.4. The Morgan fingerprint density at radius 1 is 0.697 bits per heavy atom. The lowest BCUT2D eigenvalue weighted by Crippen LogP contribution is -2.66. The van der Waals surface area contributed by atoms with E-state index in [1.165, 1.54) is 49.7 Å². The SMILES string of the molecule is CCCCCCCCCCC[C@@H](CC(=O)N[C@H]1[C@H](OCc2ccccc2)O[C@H](CO[Si](C)(C)C(C)(C)C)[C@@H](O)[C@@H]1OC(=O)CCCCc1ccccc1)OC(=O)CCCCc1ccccc1. The van der Waals surface area contributed by atoms with Crippen molar-refractivity contribution in [2.75, 3.05) is 6.61 Å². The quantitative estimate of drug-likeness (QED) is 0.0368. The molecule has 1 amide bonds. The van der Waals surface area contributed by atoms with Gasteiger partial charge in [0.25, 0.3) is 0 Å². The molecule has 4 rings (SSSR count). The Morgan fingerprint density at radius 3 is 1.76 bits per heavy atom. The van der Waals surface area contributed by atoms with Crippen LogP contribution < -0.4 is 5.32 Å². The fourth-order valence-electron chi connectivity index (χ4n) is 8.03. The van der Waals surface area contributed by atoms with Crippen molar-refractivity contribution in [1.82, 2.24) is 5.32 Å². The van der Waals surface area contributed by atoms with Gasteiger partial charge in [0.1, 0.15) is 24.4 Å². The summed E-state index contributed by atoms with van der Waals surface area (Å²) >= 11 is 0. The Bertz CT molecular complexity index is 1790. The summed E-state index contributed by atoms with van der Waals surface area (Å²) in [5, 5.41) is 15.0. The average molecular weight is 930 g/mol. The second-order valence-corrected chi connectivity index (χ2v) is 24.6. The number of aryl methyl sites for hydroxylation is 2. The van der Waals surface area contributed by atoms with Crippen LogP contribution in [0, 0.1) is 0 Å². The molecule has 1 heterocycles. The lowest BCUT2D eigenvalue weighted by atomic mass is 9.96. The molecular formula is C55H83NO9Si. The zero-order valence-electron chi connectivity index (χ0n) is 41.2. The number of rotatable bonds is 31. The van der Waals surface area contributed by atoms with Crippen LogP contribution >= 0.6 is 0 Å². The molecule has 0 aliphatic carbocycles. The van der Waals surface area contributed by atoms with E-state index in [-0.39, 0.29) is 43.5 Å². The van der Waals surface area contributed by atoms with Crippen LogP contribution in [0.1, 0.15) is 154 Å². The third-order valence-electron chi connectivity index (χ3n) is 13.2. The van der Waals surface area contributed by atoms with E-state index in [2.05, 4.69) is 70.4 Å². The molecule has 0 unspecified atom stereocenters. The van der Waals surface area contributed by atoms with Crippen LogP contribution in [0.3, 0.4) is 0 Å². The first-order chi connectivity index (χ1) is 31.8. The maximum atomic E-state index is 14.3. The molecule has 1 aliphatic rings. The zero-order chi connectivity index (χ0) is 47.6. The minimum absolute atomic E-state index is 0.0523. The fourth-order valence-corrected chi connectivity index (χ4v) is 9.04. The van der Waals surface area contributed by atoms with Crippen molar-refractivity contribution in [3.8, 4) is 0 Å². The summed E-state index contributed by atoms with van der Waals surface area (Å²) in [6.45, 7) is 13.1. The lowest BCUT2D eigenvalue weighted by Gasteiger charge is -2.45. The minimum atomic E-state index is -2.29. The van der Waals surface area contributed by atoms with Gasteiger partial charge in [0.2, 0.25) is 5.91 Å². The molecule has 0 bridgehead atoms. The molecule has 0 aromatic heterocycles. The Morgan fingerprint density at radius 2 is 1.21 bits per heavy atom. The van der Waals surface area contributed by atoms with Crippen LogP contribution in [-0.2, 0) is 57.2 Å². The number of benzene rings is 3. The number of carbonyl (C=O) groups excluding carboxylic acids is 3. The first kappa shape index (κ1) is 54.7. The van der Waals surface area contributed by atoms with Gasteiger partial charge in [-0.15, -0.1) is 0 Å². The van der Waals surface area contributed by atoms with E-state index in [4.69, 9.17) is 23.4 Å². The fraction of sp³-hybridized carbons (Fsp3) is 0.618. The Balaban J connectivity index is 1.50. The van der Waals surface area contributed by atoms with Gasteiger partial charge in [-0.2, -0.15) is 0 Å². The Labute approximate surface area is 398 Å². The largest absolute Gasteiger partial charge is 0.462 e. The molecule has 0 saturated carbocycles. The van der Waals surface area contributed by atoms with Crippen molar-refractivity contribution in [2.24, 2.45) is 0 Å². The molecule has 0 radical (unpaired) electrons. The number of aliphatic hydroxyl groups excluding tert-OH is 1. The predicted octanol–water partition coefficient (Wildman–Crippen LogP) is 11.8. The number of hydrogen-bond acceptors (Lipinski definition) is 9. The highest BCUT2D eigenvalue weighted by Gasteiger charge is 2.50. The van der Waals surface area contributed by atoms with Crippen molar-refractivity contribution in [2.45, 2.75) is 211 Å². The summed E-state index contributed by atoms with van der Waals surface area (Å²) in [6, 6.07) is 28.9. The standard InChI is InChI=1S/C55H83NO9Si/c1-7-8-9-10-11-12-13-14-24-37-46(63-49(58)38-27-25-33-43-29-18-15-19-30-43)40-48(57)56-51-53(65-50(59)39-28-26-34-44-31-20-16-21-32-44)52(60)47(42-62-66(5,6)55(2,3)4)64-54(51)61-41-45-35-22-17-23-36-45/h15-23,29-32,35-36,46-47,51-54,60H,7-14,24-28,33-34,37-42H2,1-6H3,(H,56,57)/t46-,47+,51+,52+,53+,54+/m0/s1. The molecule has 0 spiro atoms. The molecular weight excluding hydrogens is 847 g/mol. The Hall–Kier alpha value is -3.87. The normalized spacial score (nSPS) is 19.2. The molecule has 10 nitrogen and oxygen atoms in total. The molecule has 1 aliphatic heterocycles. The van der Waals surface area contributed by atoms with Crippen LogP contribution in [0.2, 0.25) is 18.1 Å². The summed E-state index contributed by atoms with van der Waals surface area (Å²) in [5.74, 6) is -1.22. The molecule has 3 aromatic carbocycles. The van der Waals surface area contributed by atoms with Crippen LogP contribution in [0.4, 0.5) is 0 Å². The number of esters is 2. The number of amides is 1. The molecule has 2 N–H and O–H groups in total. The van der Waals surface area contributed by atoms with Gasteiger partial charge in [-0.25, -0.2) is 0 Å². The van der Waals surface area contributed by atoms with Gasteiger partial charge in [0.15, 0.2) is 20.7 Å². The first-order valence-electron chi connectivity index (χ1n) is 25.1. The summed E-state index contributed by atoms with van der Waals surface area (Å²) in [6.07, 6.45) is 10.6. The van der Waals surface area contributed by atoms with Gasteiger partial charge in [-0.3, -0.25) is 14.4 Å². The molecule has 1 saturated heterocycles. The van der Waals surface area contributed by atoms with E-state index >= 15 is 0 Å². The van der Waals surface area contributed by atoms with Gasteiger partial charge in [0, 0.05) is 12.8 Å². The number of unbranched alkanes of at least 4 members (excludes halogenated alkanes) is 10. The van der Waals surface area contributed by atoms with E-state index in [1.807, 2.05) is 66.7 Å². The van der Waals surface area contributed by atoms with E-state index in [0.717, 1.165) is 50.5 Å². The number of hydrogen-bond donors (Lipinski definition) is 2. The summed E-state index contributed by atoms with van der Waals surface area (Å²) in [7, 11) is -2.29.